The Labute approximate surface area is 115 Å². The maximum Gasteiger partial charge on any atom is 0.0793 e. The normalized spacial score (nSPS) is 12.6. The van der Waals surface area contributed by atoms with Gasteiger partial charge in [-0.2, -0.15) is 0 Å². The summed E-state index contributed by atoms with van der Waals surface area (Å²) >= 11 is 0. The average molecular weight is 255 g/mol. The number of pyridine rings is 1. The van der Waals surface area contributed by atoms with E-state index in [2.05, 4.69) is 31.0 Å². The van der Waals surface area contributed by atoms with E-state index in [0.29, 0.717) is 5.92 Å². The van der Waals surface area contributed by atoms with Gasteiger partial charge in [0.1, 0.15) is 0 Å². The zero-order chi connectivity index (χ0) is 13.7. The van der Waals surface area contributed by atoms with Crippen LogP contribution in [-0.2, 0) is 6.42 Å². The van der Waals surface area contributed by atoms with E-state index >= 15 is 0 Å². The summed E-state index contributed by atoms with van der Waals surface area (Å²) < 4.78 is 0. The highest BCUT2D eigenvalue weighted by atomic mass is 16.3. The Kier molecular flexibility index (Phi) is 4.69. The van der Waals surface area contributed by atoms with Crippen LogP contribution in [0.15, 0.2) is 48.8 Å². The van der Waals surface area contributed by atoms with Crippen LogP contribution in [0.1, 0.15) is 49.0 Å². The highest BCUT2D eigenvalue weighted by Crippen LogP contribution is 2.22. The molecule has 100 valence electrons. The second kappa shape index (κ2) is 6.48. The lowest BCUT2D eigenvalue weighted by molar-refractivity contribution is 0.168. The van der Waals surface area contributed by atoms with Gasteiger partial charge in [-0.3, -0.25) is 4.98 Å². The van der Waals surface area contributed by atoms with Crippen molar-refractivity contribution in [3.05, 3.63) is 65.5 Å². The van der Waals surface area contributed by atoms with Crippen molar-refractivity contribution in [2.24, 2.45) is 0 Å². The Morgan fingerprint density at radius 1 is 0.947 bits per heavy atom. The first-order chi connectivity index (χ1) is 9.16. The average Bonchev–Trinajstić information content (AvgIpc) is 2.46. The zero-order valence-electron chi connectivity index (χ0n) is 11.6. The summed E-state index contributed by atoms with van der Waals surface area (Å²) in [7, 11) is 0. The van der Waals surface area contributed by atoms with Crippen LogP contribution in [0.3, 0.4) is 0 Å². The molecule has 2 nitrogen and oxygen atoms in total. The van der Waals surface area contributed by atoms with E-state index in [-0.39, 0.29) is 0 Å². The summed E-state index contributed by atoms with van der Waals surface area (Å²) in [6, 6.07) is 12.3. The lowest BCUT2D eigenvalue weighted by Gasteiger charge is -2.12. The van der Waals surface area contributed by atoms with Crippen LogP contribution in [-0.4, -0.2) is 10.1 Å². The predicted octanol–water partition coefficient (Wildman–Crippen LogP) is 3.87. The molecule has 0 aliphatic rings. The highest BCUT2D eigenvalue weighted by molar-refractivity contribution is 5.26. The Balaban J connectivity index is 1.94. The lowest BCUT2D eigenvalue weighted by atomic mass is 9.97. The van der Waals surface area contributed by atoms with Crippen molar-refractivity contribution in [3.8, 4) is 0 Å². The second-order valence-corrected chi connectivity index (χ2v) is 5.23. The Morgan fingerprint density at radius 2 is 1.53 bits per heavy atom. The molecule has 0 aliphatic heterocycles. The molecule has 0 amide bonds. The third-order valence-corrected chi connectivity index (χ3v) is 3.44. The Hall–Kier alpha value is -1.67. The van der Waals surface area contributed by atoms with Crippen molar-refractivity contribution in [1.82, 2.24) is 4.98 Å². The number of aromatic nitrogens is 1. The molecule has 0 saturated carbocycles. The lowest BCUT2D eigenvalue weighted by Crippen LogP contribution is -2.00. The molecule has 0 fully saturated rings. The molecule has 0 saturated heterocycles. The first-order valence-corrected chi connectivity index (χ1v) is 6.83. The van der Waals surface area contributed by atoms with E-state index in [4.69, 9.17) is 0 Å². The van der Waals surface area contributed by atoms with Crippen LogP contribution < -0.4 is 0 Å². The van der Waals surface area contributed by atoms with Crippen LogP contribution in [0.5, 0.6) is 0 Å². The molecule has 1 atom stereocenters. The maximum absolute atomic E-state index is 10.2. The molecule has 2 heteroatoms. The quantitative estimate of drug-likeness (QED) is 0.879. The molecule has 1 N–H and O–H groups in total. The van der Waals surface area contributed by atoms with Gasteiger partial charge in [0.25, 0.3) is 0 Å². The fourth-order valence-corrected chi connectivity index (χ4v) is 2.12. The Bertz CT molecular complexity index is 490. The largest absolute Gasteiger partial charge is 0.388 e. The van der Waals surface area contributed by atoms with Crippen LogP contribution in [0.25, 0.3) is 0 Å². The molecule has 19 heavy (non-hydrogen) atoms. The van der Waals surface area contributed by atoms with Gasteiger partial charge in [-0.15, -0.1) is 0 Å². The third kappa shape index (κ3) is 3.90. The first-order valence-electron chi connectivity index (χ1n) is 6.83. The number of aryl methyl sites for hydroxylation is 1. The standard InChI is InChI=1S/C17H21NO/c1-13(2)15-4-6-16(7-5-15)17(19)8-3-14-9-11-18-12-10-14/h4-7,9-13,17,19H,3,8H2,1-2H3. The predicted molar refractivity (Wildman–Crippen MR) is 78.0 cm³/mol. The van der Waals surface area contributed by atoms with Gasteiger partial charge in [-0.05, 0) is 47.6 Å². The van der Waals surface area contributed by atoms with Gasteiger partial charge < -0.3 is 5.11 Å². The first kappa shape index (κ1) is 13.8. The van der Waals surface area contributed by atoms with Crippen molar-refractivity contribution in [2.45, 2.75) is 38.7 Å². The molecule has 1 aromatic heterocycles. The van der Waals surface area contributed by atoms with Gasteiger partial charge in [0.2, 0.25) is 0 Å². The Morgan fingerprint density at radius 3 is 2.11 bits per heavy atom. The summed E-state index contributed by atoms with van der Waals surface area (Å²) in [6.45, 7) is 4.35. The molecule has 0 bridgehead atoms. The molecule has 1 heterocycles. The van der Waals surface area contributed by atoms with Crippen LogP contribution in [0, 0.1) is 0 Å². The van der Waals surface area contributed by atoms with Crippen LogP contribution >= 0.6 is 0 Å². The van der Waals surface area contributed by atoms with Gasteiger partial charge in [-0.25, -0.2) is 0 Å². The fraction of sp³-hybridized carbons (Fsp3) is 0.353. The minimum Gasteiger partial charge on any atom is -0.388 e. The highest BCUT2D eigenvalue weighted by Gasteiger charge is 2.08. The number of aliphatic hydroxyl groups is 1. The number of hydrogen-bond donors (Lipinski definition) is 1. The zero-order valence-corrected chi connectivity index (χ0v) is 11.6. The van der Waals surface area contributed by atoms with E-state index in [1.54, 1.807) is 12.4 Å². The molecule has 2 rings (SSSR count). The van der Waals surface area contributed by atoms with Crippen molar-refractivity contribution >= 4 is 0 Å². The van der Waals surface area contributed by atoms with Crippen LogP contribution in [0.2, 0.25) is 0 Å². The van der Waals surface area contributed by atoms with Crippen molar-refractivity contribution in [2.75, 3.05) is 0 Å². The molecular weight excluding hydrogens is 234 g/mol. The number of rotatable bonds is 5. The molecular formula is C17H21NO. The molecule has 0 radical (unpaired) electrons. The monoisotopic (exact) mass is 255 g/mol. The molecule has 1 aromatic carbocycles. The topological polar surface area (TPSA) is 33.1 Å². The molecule has 1 unspecified atom stereocenters. The van der Waals surface area contributed by atoms with E-state index in [1.165, 1.54) is 11.1 Å². The number of benzene rings is 1. The van der Waals surface area contributed by atoms with E-state index in [1.807, 2.05) is 24.3 Å². The van der Waals surface area contributed by atoms with Gasteiger partial charge >= 0.3 is 0 Å². The summed E-state index contributed by atoms with van der Waals surface area (Å²) in [5.74, 6) is 0.531. The SMILES string of the molecule is CC(C)c1ccc(C(O)CCc2ccncc2)cc1. The summed E-state index contributed by atoms with van der Waals surface area (Å²) in [6.07, 6.45) is 4.80. The summed E-state index contributed by atoms with van der Waals surface area (Å²) in [5.41, 5.74) is 3.52. The van der Waals surface area contributed by atoms with Crippen molar-refractivity contribution < 1.29 is 5.11 Å². The van der Waals surface area contributed by atoms with E-state index < -0.39 is 6.10 Å². The molecule has 2 aromatic rings. The minimum atomic E-state index is -0.394. The number of aliphatic hydroxyl groups excluding tert-OH is 1. The smallest absolute Gasteiger partial charge is 0.0793 e. The van der Waals surface area contributed by atoms with Gasteiger partial charge in [0.15, 0.2) is 0 Å². The van der Waals surface area contributed by atoms with Gasteiger partial charge in [0.05, 0.1) is 6.10 Å². The summed E-state index contributed by atoms with van der Waals surface area (Å²) in [5, 5.41) is 10.2. The summed E-state index contributed by atoms with van der Waals surface area (Å²) in [4.78, 5) is 3.99. The number of nitrogens with zero attached hydrogens (tertiary/aromatic N) is 1. The van der Waals surface area contributed by atoms with Crippen LogP contribution in [0.4, 0.5) is 0 Å². The third-order valence-electron chi connectivity index (χ3n) is 3.44. The second-order valence-electron chi connectivity index (χ2n) is 5.23. The maximum atomic E-state index is 10.2. The van der Waals surface area contributed by atoms with E-state index in [9.17, 15) is 5.11 Å². The minimum absolute atomic E-state index is 0.394. The number of hydrogen-bond acceptors (Lipinski definition) is 2. The van der Waals surface area contributed by atoms with E-state index in [0.717, 1.165) is 18.4 Å². The van der Waals surface area contributed by atoms with Gasteiger partial charge in [0, 0.05) is 12.4 Å². The molecule has 0 aliphatic carbocycles. The van der Waals surface area contributed by atoms with Crippen molar-refractivity contribution in [1.29, 1.82) is 0 Å². The van der Waals surface area contributed by atoms with Crippen molar-refractivity contribution in [3.63, 3.8) is 0 Å². The molecule has 0 spiro atoms. The van der Waals surface area contributed by atoms with Gasteiger partial charge in [-0.1, -0.05) is 38.1 Å². The fourth-order valence-electron chi connectivity index (χ4n) is 2.12.